The molecule has 98 valence electrons. The van der Waals surface area contributed by atoms with E-state index in [2.05, 4.69) is 11.9 Å². The van der Waals surface area contributed by atoms with E-state index in [1.807, 2.05) is 0 Å². The van der Waals surface area contributed by atoms with Crippen LogP contribution in [-0.4, -0.2) is 19.1 Å². The molecule has 0 aromatic heterocycles. The number of amides is 1. The summed E-state index contributed by atoms with van der Waals surface area (Å²) in [6.07, 6.45) is 1.56. The van der Waals surface area contributed by atoms with Gasteiger partial charge in [0.25, 0.3) is 5.91 Å². The lowest BCUT2D eigenvalue weighted by Gasteiger charge is -2.13. The van der Waals surface area contributed by atoms with Crippen molar-refractivity contribution < 1.29 is 13.9 Å². The highest BCUT2D eigenvalue weighted by Crippen LogP contribution is 2.24. The van der Waals surface area contributed by atoms with Gasteiger partial charge in [0.15, 0.2) is 6.61 Å². The number of ether oxygens (including phenoxy) is 1. The molecule has 1 aromatic carbocycles. The fraction of sp³-hybridized carbons (Fsp3) is 0.308. The second-order valence-electron chi connectivity index (χ2n) is 3.85. The van der Waals surface area contributed by atoms with Crippen molar-refractivity contribution in [2.45, 2.75) is 13.0 Å². The highest BCUT2D eigenvalue weighted by molar-refractivity contribution is 5.77. The lowest BCUT2D eigenvalue weighted by molar-refractivity contribution is -0.122. The van der Waals surface area contributed by atoms with E-state index in [0.29, 0.717) is 17.9 Å². The van der Waals surface area contributed by atoms with Crippen LogP contribution in [0.3, 0.4) is 0 Å². The van der Waals surface area contributed by atoms with Crippen LogP contribution >= 0.6 is 0 Å². The van der Waals surface area contributed by atoms with E-state index >= 15 is 0 Å². The lowest BCUT2D eigenvalue weighted by atomic mass is 10.1. The molecule has 0 aliphatic carbocycles. The molecular weight excluding hydrogens is 235 g/mol. The average molecular weight is 252 g/mol. The van der Waals surface area contributed by atoms with E-state index in [1.54, 1.807) is 19.1 Å². The van der Waals surface area contributed by atoms with Crippen LogP contribution in [0.2, 0.25) is 0 Å². The maximum absolute atomic E-state index is 13.1. The third kappa shape index (κ3) is 4.18. The van der Waals surface area contributed by atoms with Gasteiger partial charge in [0, 0.05) is 24.2 Å². The van der Waals surface area contributed by atoms with Crippen molar-refractivity contribution in [3.63, 3.8) is 0 Å². The van der Waals surface area contributed by atoms with E-state index in [1.165, 1.54) is 12.1 Å². The largest absolute Gasteiger partial charge is 0.483 e. The smallest absolute Gasteiger partial charge is 0.258 e. The normalized spacial score (nSPS) is 11.7. The maximum atomic E-state index is 13.1. The van der Waals surface area contributed by atoms with Crippen LogP contribution in [0.15, 0.2) is 30.9 Å². The van der Waals surface area contributed by atoms with Gasteiger partial charge in [-0.05, 0) is 13.0 Å². The predicted octanol–water partition coefficient (Wildman–Crippen LogP) is 1.53. The Bertz CT molecular complexity index is 433. The summed E-state index contributed by atoms with van der Waals surface area (Å²) in [5, 5.41) is 2.56. The molecule has 1 amide bonds. The zero-order valence-electron chi connectivity index (χ0n) is 10.3. The van der Waals surface area contributed by atoms with Crippen molar-refractivity contribution in [1.29, 1.82) is 0 Å². The van der Waals surface area contributed by atoms with Gasteiger partial charge >= 0.3 is 0 Å². The second-order valence-corrected chi connectivity index (χ2v) is 3.85. The lowest BCUT2D eigenvalue weighted by Crippen LogP contribution is -2.29. The molecule has 5 heteroatoms. The van der Waals surface area contributed by atoms with E-state index in [-0.39, 0.29) is 18.6 Å². The Morgan fingerprint density at radius 3 is 3.00 bits per heavy atom. The molecule has 3 N–H and O–H groups in total. The van der Waals surface area contributed by atoms with Gasteiger partial charge < -0.3 is 15.8 Å². The molecule has 0 aliphatic rings. The van der Waals surface area contributed by atoms with Gasteiger partial charge in [0.05, 0.1) is 0 Å². The summed E-state index contributed by atoms with van der Waals surface area (Å²) < 4.78 is 18.4. The van der Waals surface area contributed by atoms with Gasteiger partial charge in [-0.25, -0.2) is 4.39 Å². The zero-order valence-corrected chi connectivity index (χ0v) is 10.3. The Morgan fingerprint density at radius 2 is 2.39 bits per heavy atom. The Balaban J connectivity index is 2.68. The van der Waals surface area contributed by atoms with Gasteiger partial charge in [-0.15, -0.1) is 6.58 Å². The van der Waals surface area contributed by atoms with Crippen molar-refractivity contribution >= 4 is 5.91 Å². The van der Waals surface area contributed by atoms with Crippen LogP contribution in [0.1, 0.15) is 18.5 Å². The molecule has 0 heterocycles. The number of nitrogens with two attached hydrogens (primary N) is 1. The summed E-state index contributed by atoms with van der Waals surface area (Å²) >= 11 is 0. The molecule has 0 fully saturated rings. The van der Waals surface area contributed by atoms with Crippen LogP contribution in [-0.2, 0) is 4.79 Å². The quantitative estimate of drug-likeness (QED) is 0.755. The second kappa shape index (κ2) is 6.76. The first kappa shape index (κ1) is 14.2. The summed E-state index contributed by atoms with van der Waals surface area (Å²) in [7, 11) is 0. The van der Waals surface area contributed by atoms with Gasteiger partial charge in [0.1, 0.15) is 11.6 Å². The van der Waals surface area contributed by atoms with Gasteiger partial charge in [-0.2, -0.15) is 0 Å². The van der Waals surface area contributed by atoms with Crippen LogP contribution in [0, 0.1) is 5.82 Å². The van der Waals surface area contributed by atoms with E-state index in [0.717, 1.165) is 0 Å². The first-order chi connectivity index (χ1) is 8.54. The third-order valence-electron chi connectivity index (χ3n) is 2.27. The minimum atomic E-state index is -0.430. The molecule has 4 nitrogen and oxygen atoms in total. The van der Waals surface area contributed by atoms with Gasteiger partial charge in [-0.1, -0.05) is 12.1 Å². The molecule has 0 bridgehead atoms. The number of nitrogens with one attached hydrogen (secondary N) is 1. The van der Waals surface area contributed by atoms with Crippen molar-refractivity contribution in [3.05, 3.63) is 42.2 Å². The van der Waals surface area contributed by atoms with E-state index in [9.17, 15) is 9.18 Å². The Kier molecular flexibility index (Phi) is 5.32. The topological polar surface area (TPSA) is 64.3 Å². The first-order valence-electron chi connectivity index (χ1n) is 5.60. The average Bonchev–Trinajstić information content (AvgIpc) is 2.33. The van der Waals surface area contributed by atoms with Crippen molar-refractivity contribution in [2.75, 3.05) is 13.2 Å². The Morgan fingerprint density at radius 1 is 1.67 bits per heavy atom. The summed E-state index contributed by atoms with van der Waals surface area (Å²) in [5.74, 6) is -0.436. The molecular formula is C13H17FN2O2. The van der Waals surface area contributed by atoms with E-state index in [4.69, 9.17) is 10.5 Å². The molecule has 0 spiro atoms. The van der Waals surface area contributed by atoms with Crippen LogP contribution in [0.5, 0.6) is 5.75 Å². The number of benzene rings is 1. The molecule has 0 saturated carbocycles. The molecule has 0 aliphatic heterocycles. The molecule has 1 aromatic rings. The first-order valence-corrected chi connectivity index (χ1v) is 5.60. The summed E-state index contributed by atoms with van der Waals surface area (Å²) in [6, 6.07) is 3.79. The Hall–Kier alpha value is -1.88. The highest BCUT2D eigenvalue weighted by atomic mass is 19.1. The molecule has 1 rings (SSSR count). The summed E-state index contributed by atoms with van der Waals surface area (Å²) in [4.78, 5) is 11.3. The molecule has 0 radical (unpaired) electrons. The summed E-state index contributed by atoms with van der Waals surface area (Å²) in [6.45, 7) is 5.42. The Labute approximate surface area is 106 Å². The van der Waals surface area contributed by atoms with Crippen LogP contribution in [0.4, 0.5) is 4.39 Å². The molecule has 0 saturated heterocycles. The fourth-order valence-electron chi connectivity index (χ4n) is 1.39. The van der Waals surface area contributed by atoms with Crippen LogP contribution in [0.25, 0.3) is 0 Å². The zero-order chi connectivity index (χ0) is 13.5. The SMILES string of the molecule is C=CCNC(=O)COc1cc(F)ccc1[C@H](C)N. The number of hydrogen-bond donors (Lipinski definition) is 2. The molecule has 0 unspecified atom stereocenters. The third-order valence-corrected chi connectivity index (χ3v) is 2.27. The minimum Gasteiger partial charge on any atom is -0.483 e. The van der Waals surface area contributed by atoms with Crippen molar-refractivity contribution in [2.24, 2.45) is 5.73 Å². The van der Waals surface area contributed by atoms with E-state index < -0.39 is 5.82 Å². The monoisotopic (exact) mass is 252 g/mol. The van der Waals surface area contributed by atoms with Crippen LogP contribution < -0.4 is 15.8 Å². The predicted molar refractivity (Wildman–Crippen MR) is 67.7 cm³/mol. The van der Waals surface area contributed by atoms with Gasteiger partial charge in [-0.3, -0.25) is 4.79 Å². The maximum Gasteiger partial charge on any atom is 0.258 e. The number of halogens is 1. The minimum absolute atomic E-state index is 0.184. The molecule has 1 atom stereocenters. The number of carbonyl (C=O) groups excluding carboxylic acids is 1. The highest BCUT2D eigenvalue weighted by Gasteiger charge is 2.11. The molecule has 18 heavy (non-hydrogen) atoms. The number of carbonyl (C=O) groups is 1. The summed E-state index contributed by atoms with van der Waals surface area (Å²) in [5.41, 5.74) is 6.40. The van der Waals surface area contributed by atoms with Crippen molar-refractivity contribution in [3.8, 4) is 5.75 Å². The number of rotatable bonds is 6. The fourth-order valence-corrected chi connectivity index (χ4v) is 1.39. The standard InChI is InChI=1S/C13H17FN2O2/c1-3-6-16-13(17)8-18-12-7-10(14)4-5-11(12)9(2)15/h3-5,7,9H,1,6,8,15H2,2H3,(H,16,17)/t9-/m0/s1. The number of hydrogen-bond acceptors (Lipinski definition) is 3. The van der Waals surface area contributed by atoms with Gasteiger partial charge in [0.2, 0.25) is 0 Å². The van der Waals surface area contributed by atoms with Crippen molar-refractivity contribution in [1.82, 2.24) is 5.32 Å².